The molecule has 1 atom stereocenters. The molecule has 8 nitrogen and oxygen atoms in total. The third kappa shape index (κ3) is 4.31. The predicted molar refractivity (Wildman–Crippen MR) is 104 cm³/mol. The number of nitrogens with zero attached hydrogens (tertiary/aromatic N) is 2. The molecule has 0 aliphatic heterocycles. The Labute approximate surface area is 168 Å². The van der Waals surface area contributed by atoms with Crippen molar-refractivity contribution in [2.75, 3.05) is 21.3 Å². The highest BCUT2D eigenvalue weighted by Crippen LogP contribution is 2.35. The third-order valence-electron chi connectivity index (χ3n) is 4.30. The molecule has 1 unspecified atom stereocenters. The highest BCUT2D eigenvalue weighted by molar-refractivity contribution is 5.93. The molecular weight excluding hydrogens is 376 g/mol. The fourth-order valence-corrected chi connectivity index (χ4v) is 2.67. The molecule has 0 bridgehead atoms. The number of carbonyl (C=O) groups excluding carboxylic acids is 1. The monoisotopic (exact) mass is 398 g/mol. The van der Waals surface area contributed by atoms with Crippen molar-refractivity contribution in [2.24, 2.45) is 0 Å². The first-order valence-electron chi connectivity index (χ1n) is 8.88. The molecule has 0 saturated heterocycles. The second-order valence-electron chi connectivity index (χ2n) is 6.27. The standard InChI is InChI=1S/C21H22N2O6/c1-12-6-8-14(9-7-12)20-23-22-19(29-20)13(2)28-21(24)15-10-17(26-4)18(27-5)11-16(15)25-3/h6-11,13H,1-5H3. The minimum atomic E-state index is -0.757. The van der Waals surface area contributed by atoms with Gasteiger partial charge in [-0.3, -0.25) is 0 Å². The molecule has 152 valence electrons. The molecule has 3 rings (SSSR count). The van der Waals surface area contributed by atoms with Crippen LogP contribution in [0.5, 0.6) is 17.2 Å². The van der Waals surface area contributed by atoms with Crippen molar-refractivity contribution >= 4 is 5.97 Å². The number of aromatic nitrogens is 2. The van der Waals surface area contributed by atoms with E-state index in [1.54, 1.807) is 13.0 Å². The number of esters is 1. The van der Waals surface area contributed by atoms with Crippen LogP contribution in [0.2, 0.25) is 0 Å². The zero-order chi connectivity index (χ0) is 21.0. The number of hydrogen-bond donors (Lipinski definition) is 0. The molecular formula is C21H22N2O6. The van der Waals surface area contributed by atoms with Crippen molar-refractivity contribution < 1.29 is 28.2 Å². The Morgan fingerprint density at radius 3 is 2.17 bits per heavy atom. The van der Waals surface area contributed by atoms with Gasteiger partial charge in [0.25, 0.3) is 5.89 Å². The number of ether oxygens (including phenoxy) is 4. The van der Waals surface area contributed by atoms with Crippen LogP contribution in [0.15, 0.2) is 40.8 Å². The van der Waals surface area contributed by atoms with Gasteiger partial charge in [-0.25, -0.2) is 4.79 Å². The third-order valence-corrected chi connectivity index (χ3v) is 4.30. The summed E-state index contributed by atoms with van der Waals surface area (Å²) in [5.41, 5.74) is 2.10. The number of hydrogen-bond acceptors (Lipinski definition) is 8. The van der Waals surface area contributed by atoms with Gasteiger partial charge >= 0.3 is 5.97 Å². The van der Waals surface area contributed by atoms with Crippen LogP contribution in [0.4, 0.5) is 0 Å². The van der Waals surface area contributed by atoms with Gasteiger partial charge in [0.05, 0.1) is 21.3 Å². The van der Waals surface area contributed by atoms with Crippen molar-refractivity contribution in [1.82, 2.24) is 10.2 Å². The van der Waals surface area contributed by atoms with Crippen LogP contribution in [0, 0.1) is 6.92 Å². The van der Waals surface area contributed by atoms with Gasteiger partial charge in [0.1, 0.15) is 11.3 Å². The lowest BCUT2D eigenvalue weighted by Gasteiger charge is -2.15. The lowest BCUT2D eigenvalue weighted by molar-refractivity contribution is 0.0276. The van der Waals surface area contributed by atoms with Gasteiger partial charge in [-0.05, 0) is 26.0 Å². The van der Waals surface area contributed by atoms with E-state index in [4.69, 9.17) is 23.4 Å². The first kappa shape index (κ1) is 20.2. The Morgan fingerprint density at radius 2 is 1.55 bits per heavy atom. The van der Waals surface area contributed by atoms with E-state index >= 15 is 0 Å². The van der Waals surface area contributed by atoms with Crippen molar-refractivity contribution in [3.8, 4) is 28.7 Å². The SMILES string of the molecule is COc1cc(OC)c(C(=O)OC(C)c2nnc(-c3ccc(C)cc3)o2)cc1OC. The van der Waals surface area contributed by atoms with Crippen LogP contribution < -0.4 is 14.2 Å². The average Bonchev–Trinajstić information content (AvgIpc) is 3.23. The van der Waals surface area contributed by atoms with Crippen molar-refractivity contribution in [1.29, 1.82) is 0 Å². The van der Waals surface area contributed by atoms with E-state index in [0.29, 0.717) is 23.1 Å². The van der Waals surface area contributed by atoms with E-state index in [-0.39, 0.29) is 11.5 Å². The van der Waals surface area contributed by atoms with Gasteiger partial charge in [-0.2, -0.15) is 0 Å². The van der Waals surface area contributed by atoms with E-state index in [0.717, 1.165) is 11.1 Å². The average molecular weight is 398 g/mol. The van der Waals surface area contributed by atoms with E-state index in [1.807, 2.05) is 31.2 Å². The maximum Gasteiger partial charge on any atom is 0.342 e. The van der Waals surface area contributed by atoms with Crippen LogP contribution >= 0.6 is 0 Å². The Hall–Kier alpha value is -3.55. The summed E-state index contributed by atoms with van der Waals surface area (Å²) < 4.78 is 26.9. The topological polar surface area (TPSA) is 92.9 Å². The summed E-state index contributed by atoms with van der Waals surface area (Å²) in [6.07, 6.45) is -0.757. The van der Waals surface area contributed by atoms with Gasteiger partial charge in [0.15, 0.2) is 17.6 Å². The minimum absolute atomic E-state index is 0.188. The highest BCUT2D eigenvalue weighted by Gasteiger charge is 2.24. The summed E-state index contributed by atoms with van der Waals surface area (Å²) in [6.45, 7) is 3.64. The first-order chi connectivity index (χ1) is 14.0. The van der Waals surface area contributed by atoms with E-state index in [1.165, 1.54) is 27.4 Å². The van der Waals surface area contributed by atoms with Crippen LogP contribution in [-0.2, 0) is 4.74 Å². The predicted octanol–water partition coefficient (Wildman–Crippen LogP) is 3.99. The van der Waals surface area contributed by atoms with E-state index in [9.17, 15) is 4.79 Å². The molecule has 8 heteroatoms. The first-order valence-corrected chi connectivity index (χ1v) is 8.88. The van der Waals surface area contributed by atoms with Crippen molar-refractivity contribution in [3.05, 3.63) is 53.4 Å². The van der Waals surface area contributed by atoms with Crippen molar-refractivity contribution in [2.45, 2.75) is 20.0 Å². The van der Waals surface area contributed by atoms with Crippen LogP contribution in [0.1, 0.15) is 34.8 Å². The number of carbonyl (C=O) groups is 1. The molecule has 1 heterocycles. The molecule has 0 aliphatic rings. The largest absolute Gasteiger partial charge is 0.496 e. The fraction of sp³-hybridized carbons (Fsp3) is 0.286. The number of methoxy groups -OCH3 is 3. The summed E-state index contributed by atoms with van der Waals surface area (Å²) in [7, 11) is 4.43. The van der Waals surface area contributed by atoms with Crippen LogP contribution in [0.3, 0.4) is 0 Å². The molecule has 0 N–H and O–H groups in total. The molecule has 0 fully saturated rings. The minimum Gasteiger partial charge on any atom is -0.496 e. The molecule has 0 saturated carbocycles. The highest BCUT2D eigenvalue weighted by atomic mass is 16.6. The molecule has 0 amide bonds. The Bertz CT molecular complexity index is 997. The fourth-order valence-electron chi connectivity index (χ4n) is 2.67. The second kappa shape index (κ2) is 8.64. The Balaban J connectivity index is 1.80. The van der Waals surface area contributed by atoms with Crippen LogP contribution in [-0.4, -0.2) is 37.5 Å². The lowest BCUT2D eigenvalue weighted by Crippen LogP contribution is -2.11. The van der Waals surface area contributed by atoms with E-state index in [2.05, 4.69) is 10.2 Å². The molecule has 0 radical (unpaired) electrons. The Morgan fingerprint density at radius 1 is 0.931 bits per heavy atom. The second-order valence-corrected chi connectivity index (χ2v) is 6.27. The molecule has 0 spiro atoms. The molecule has 2 aromatic carbocycles. The number of rotatable bonds is 7. The summed E-state index contributed by atoms with van der Waals surface area (Å²) in [4.78, 5) is 12.7. The summed E-state index contributed by atoms with van der Waals surface area (Å²) in [6, 6.07) is 10.7. The molecule has 0 aliphatic carbocycles. The van der Waals surface area contributed by atoms with Gasteiger partial charge in [0, 0.05) is 17.7 Å². The summed E-state index contributed by atoms with van der Waals surface area (Å²) in [5, 5.41) is 8.03. The number of benzene rings is 2. The smallest absolute Gasteiger partial charge is 0.342 e. The zero-order valence-corrected chi connectivity index (χ0v) is 16.9. The van der Waals surface area contributed by atoms with Gasteiger partial charge in [-0.15, -0.1) is 10.2 Å². The van der Waals surface area contributed by atoms with E-state index < -0.39 is 12.1 Å². The molecule has 1 aromatic heterocycles. The summed E-state index contributed by atoms with van der Waals surface area (Å²) in [5.74, 6) is 1.04. The van der Waals surface area contributed by atoms with Crippen LogP contribution in [0.25, 0.3) is 11.5 Å². The Kier molecular flexibility index (Phi) is 6.01. The zero-order valence-electron chi connectivity index (χ0n) is 16.9. The normalized spacial score (nSPS) is 11.6. The quantitative estimate of drug-likeness (QED) is 0.552. The van der Waals surface area contributed by atoms with Gasteiger partial charge in [0.2, 0.25) is 5.89 Å². The van der Waals surface area contributed by atoms with Gasteiger partial charge in [-0.1, -0.05) is 17.7 Å². The number of aryl methyl sites for hydroxylation is 1. The maximum absolute atomic E-state index is 12.7. The maximum atomic E-state index is 12.7. The molecule has 3 aromatic rings. The lowest BCUT2D eigenvalue weighted by atomic mass is 10.1. The van der Waals surface area contributed by atoms with Crippen molar-refractivity contribution in [3.63, 3.8) is 0 Å². The summed E-state index contributed by atoms with van der Waals surface area (Å²) >= 11 is 0. The molecule has 29 heavy (non-hydrogen) atoms. The van der Waals surface area contributed by atoms with Gasteiger partial charge < -0.3 is 23.4 Å².